The van der Waals surface area contributed by atoms with Crippen molar-refractivity contribution in [1.82, 2.24) is 4.98 Å². The Labute approximate surface area is 201 Å². The molecule has 2 aromatic rings. The first-order valence-electron chi connectivity index (χ1n) is 10.1. The van der Waals surface area contributed by atoms with Gasteiger partial charge in [0.05, 0.1) is 0 Å². The van der Waals surface area contributed by atoms with Crippen molar-refractivity contribution in [2.24, 2.45) is 0 Å². The molecule has 0 saturated carbocycles. The van der Waals surface area contributed by atoms with Gasteiger partial charge in [-0.05, 0) is 42.2 Å². The Bertz CT molecular complexity index is 1070. The first-order chi connectivity index (χ1) is 14.4. The van der Waals surface area contributed by atoms with E-state index in [-0.39, 0.29) is 36.8 Å². The summed E-state index contributed by atoms with van der Waals surface area (Å²) in [6, 6.07) is 14.5. The van der Waals surface area contributed by atoms with E-state index >= 15 is 0 Å². The molecule has 2 aliphatic rings. The molecule has 1 aromatic carbocycles. The summed E-state index contributed by atoms with van der Waals surface area (Å²) in [7, 11) is -4.33. The Morgan fingerprint density at radius 2 is 1.72 bits per heavy atom. The minimum absolute atomic E-state index is 0. The normalized spacial score (nSPS) is 24.2. The number of rotatable bonds is 6. The summed E-state index contributed by atoms with van der Waals surface area (Å²) in [6.45, 7) is 0.242. The summed E-state index contributed by atoms with van der Waals surface area (Å²) in [6.07, 6.45) is 18.8. The molecule has 1 aliphatic heterocycles. The molecule has 0 amide bonds. The van der Waals surface area contributed by atoms with Crippen LogP contribution in [-0.4, -0.2) is 37.3 Å². The second-order valence-corrected chi connectivity index (χ2v) is 10.0. The fourth-order valence-corrected chi connectivity index (χ4v) is 5.22. The van der Waals surface area contributed by atoms with Gasteiger partial charge >= 0.3 is 7.60 Å². The number of aromatic nitrogens is 1. The number of hydrogen-bond acceptors (Lipinski definition) is 2. The molecule has 170 valence electrons. The molecule has 0 bridgehead atoms. The summed E-state index contributed by atoms with van der Waals surface area (Å²) in [5.41, 5.74) is 2.20. The molecule has 0 spiro atoms. The molecule has 1 aliphatic carbocycles. The third-order valence-electron chi connectivity index (χ3n) is 6.05. The highest BCUT2D eigenvalue weighted by Crippen LogP contribution is 2.54. The number of allylic oxidation sites excluding steroid dienone is 4. The fourth-order valence-electron chi connectivity index (χ4n) is 4.25. The van der Waals surface area contributed by atoms with Crippen LogP contribution in [0, 0.1) is 0 Å². The van der Waals surface area contributed by atoms with Crippen LogP contribution in [-0.2, 0) is 16.4 Å². The average molecular weight is 493 g/mol. The molecular formula is C24H27Cl2N2O3P. The maximum absolute atomic E-state index is 12.3. The Balaban J connectivity index is 0.00000181. The van der Waals surface area contributed by atoms with Gasteiger partial charge in [-0.25, -0.2) is 4.58 Å². The monoisotopic (exact) mass is 492 g/mol. The molecule has 2 heterocycles. The molecule has 4 rings (SSSR count). The zero-order valence-electron chi connectivity index (χ0n) is 17.5. The third-order valence-corrected chi connectivity index (χ3v) is 7.69. The van der Waals surface area contributed by atoms with E-state index in [1.807, 2.05) is 65.7 Å². The standard InChI is InChI=1S/C24H25N2O3P.2ClH/c27-30(28,29)24(11-5-2-6-12-24)20-26-17-13-23(14-18-26,22-9-15-25-16-10-22)19-21-7-3-1-4-8-21;;/h1-11,13,15-18H,12,14,19-20H2,(H-,27,28,29);2*1H. The Kier molecular flexibility index (Phi) is 8.81. The van der Waals surface area contributed by atoms with Gasteiger partial charge < -0.3 is 22.2 Å². The lowest BCUT2D eigenvalue weighted by atomic mass is 9.73. The Hall–Kier alpha value is -2.01. The topological polar surface area (TPSA) is 73.4 Å². The summed E-state index contributed by atoms with van der Waals surface area (Å²) < 4.78 is 14.2. The first-order valence-corrected chi connectivity index (χ1v) is 11.7. The molecule has 2 unspecified atom stereocenters. The van der Waals surface area contributed by atoms with Crippen molar-refractivity contribution in [3.63, 3.8) is 0 Å². The van der Waals surface area contributed by atoms with Gasteiger partial charge in [0.2, 0.25) is 0 Å². The highest BCUT2D eigenvalue weighted by Gasteiger charge is 2.48. The predicted octanol–water partition coefficient (Wildman–Crippen LogP) is 1.42. The minimum atomic E-state index is -4.33. The van der Waals surface area contributed by atoms with Crippen LogP contribution >= 0.6 is 20.0 Å². The van der Waals surface area contributed by atoms with Crippen LogP contribution in [0.3, 0.4) is 0 Å². The number of halogens is 2. The average Bonchev–Trinajstić information content (AvgIpc) is 2.76. The number of hydrogen-bond donors (Lipinski definition) is 2. The van der Waals surface area contributed by atoms with Crippen LogP contribution in [0.15, 0.2) is 91.4 Å². The van der Waals surface area contributed by atoms with E-state index in [9.17, 15) is 14.4 Å². The molecule has 0 fully saturated rings. The molecule has 5 nitrogen and oxygen atoms in total. The van der Waals surface area contributed by atoms with Crippen LogP contribution in [0.1, 0.15) is 24.0 Å². The molecule has 1 aromatic heterocycles. The van der Waals surface area contributed by atoms with E-state index in [4.69, 9.17) is 0 Å². The van der Waals surface area contributed by atoms with E-state index in [0.29, 0.717) is 6.42 Å². The van der Waals surface area contributed by atoms with Crippen molar-refractivity contribution in [3.8, 4) is 0 Å². The van der Waals surface area contributed by atoms with Crippen molar-refractivity contribution in [2.75, 3.05) is 6.54 Å². The Morgan fingerprint density at radius 1 is 1.00 bits per heavy atom. The fraction of sp³-hybridized carbons (Fsp3) is 0.250. The highest BCUT2D eigenvalue weighted by molar-refractivity contribution is 7.53. The van der Waals surface area contributed by atoms with E-state index < -0.39 is 12.8 Å². The maximum atomic E-state index is 12.3. The maximum Gasteiger partial charge on any atom is 0.342 e. The van der Waals surface area contributed by atoms with Crippen molar-refractivity contribution in [1.29, 1.82) is 0 Å². The molecule has 32 heavy (non-hydrogen) atoms. The molecule has 2 N–H and O–H groups in total. The van der Waals surface area contributed by atoms with Gasteiger partial charge in [0.25, 0.3) is 0 Å². The quantitative estimate of drug-likeness (QED) is 0.472. The van der Waals surface area contributed by atoms with Gasteiger partial charge in [-0.1, -0.05) is 54.6 Å². The van der Waals surface area contributed by atoms with Gasteiger partial charge in [0.1, 0.15) is 6.21 Å². The van der Waals surface area contributed by atoms with Crippen LogP contribution < -0.4 is 12.4 Å². The predicted molar refractivity (Wildman–Crippen MR) is 126 cm³/mol. The van der Waals surface area contributed by atoms with Crippen LogP contribution in [0.25, 0.3) is 0 Å². The smallest absolute Gasteiger partial charge is 0.342 e. The zero-order valence-corrected chi connectivity index (χ0v) is 20.0. The van der Waals surface area contributed by atoms with Crippen molar-refractivity contribution in [2.45, 2.75) is 29.8 Å². The minimum Gasteiger partial charge on any atom is -1.00 e. The van der Waals surface area contributed by atoms with Gasteiger partial charge in [-0.15, -0.1) is 12.4 Å². The molecule has 0 saturated heterocycles. The van der Waals surface area contributed by atoms with E-state index in [1.165, 1.54) is 11.1 Å². The van der Waals surface area contributed by atoms with Gasteiger partial charge in [0, 0.05) is 24.2 Å². The number of benzene rings is 1. The summed E-state index contributed by atoms with van der Waals surface area (Å²) in [5.74, 6) is 0. The lowest BCUT2D eigenvalue weighted by Gasteiger charge is -2.33. The van der Waals surface area contributed by atoms with E-state index in [2.05, 4.69) is 29.4 Å². The molecular weight excluding hydrogens is 466 g/mol. The Morgan fingerprint density at radius 3 is 2.28 bits per heavy atom. The first kappa shape index (κ1) is 26.2. The van der Waals surface area contributed by atoms with Crippen LogP contribution in [0.5, 0.6) is 0 Å². The third kappa shape index (κ3) is 5.48. The van der Waals surface area contributed by atoms with Crippen molar-refractivity contribution >= 4 is 26.2 Å². The van der Waals surface area contributed by atoms with Gasteiger partial charge in [-0.2, -0.15) is 0 Å². The summed E-state index contributed by atoms with van der Waals surface area (Å²) in [4.78, 5) is 24.3. The SMILES string of the molecule is Cl.O=P(O)(O)C1(C[N+]2=CCC(Cc3ccccc3)(c3ccncc3)C=C2)C=CC=CC1.[Cl-]. The summed E-state index contributed by atoms with van der Waals surface area (Å²) >= 11 is 0. The zero-order chi connectivity index (χ0) is 21.1. The van der Waals surface area contributed by atoms with Crippen molar-refractivity contribution < 1.29 is 31.3 Å². The van der Waals surface area contributed by atoms with Crippen molar-refractivity contribution in [3.05, 3.63) is 103 Å². The lowest BCUT2D eigenvalue weighted by Crippen LogP contribution is -3.00. The molecule has 8 heteroatoms. The molecule has 0 radical (unpaired) electrons. The highest BCUT2D eigenvalue weighted by atomic mass is 35.5. The van der Waals surface area contributed by atoms with E-state index in [1.54, 1.807) is 12.2 Å². The van der Waals surface area contributed by atoms with E-state index in [0.717, 1.165) is 12.8 Å². The second-order valence-electron chi connectivity index (χ2n) is 8.07. The molecule has 2 atom stereocenters. The van der Waals surface area contributed by atoms with Gasteiger partial charge in [-0.3, -0.25) is 9.55 Å². The van der Waals surface area contributed by atoms with Crippen LogP contribution in [0.4, 0.5) is 0 Å². The number of pyridine rings is 1. The summed E-state index contributed by atoms with van der Waals surface area (Å²) in [5, 5.41) is -1.20. The van der Waals surface area contributed by atoms with Crippen LogP contribution in [0.2, 0.25) is 0 Å². The largest absolute Gasteiger partial charge is 1.00 e. The van der Waals surface area contributed by atoms with Gasteiger partial charge in [0.15, 0.2) is 17.9 Å². The second kappa shape index (κ2) is 10.7. The lowest BCUT2D eigenvalue weighted by molar-refractivity contribution is -0.460. The number of nitrogens with zero attached hydrogens (tertiary/aromatic N) is 2.